The molecule has 1 aromatic carbocycles. The first-order valence-electron chi connectivity index (χ1n) is 8.11. The van der Waals surface area contributed by atoms with E-state index in [1.165, 1.54) is 31.2 Å². The van der Waals surface area contributed by atoms with E-state index in [1.54, 1.807) is 0 Å². The standard InChI is InChI=1S/C18H31NO/c1-4-7-16(8-5-2)14-20-18-10-6-9-17(12-18)11-15(3)13-19/h6,9-10,12,15-16H,4-5,7-8,11,13-14,19H2,1-3H3/t15-/m0/s1. The number of benzene rings is 1. The molecule has 2 heteroatoms. The van der Waals surface area contributed by atoms with E-state index < -0.39 is 0 Å². The second-order valence-corrected chi connectivity index (χ2v) is 5.95. The Bertz CT molecular complexity index is 358. The number of ether oxygens (including phenoxy) is 1. The normalized spacial score (nSPS) is 12.7. The highest BCUT2D eigenvalue weighted by Crippen LogP contribution is 2.19. The van der Waals surface area contributed by atoms with Gasteiger partial charge in [-0.3, -0.25) is 0 Å². The average molecular weight is 277 g/mol. The van der Waals surface area contributed by atoms with Crippen molar-refractivity contribution in [1.82, 2.24) is 0 Å². The highest BCUT2D eigenvalue weighted by molar-refractivity contribution is 5.28. The lowest BCUT2D eigenvalue weighted by Crippen LogP contribution is -2.14. The molecule has 0 heterocycles. The van der Waals surface area contributed by atoms with Crippen molar-refractivity contribution >= 4 is 0 Å². The predicted octanol–water partition coefficient (Wildman–Crippen LogP) is 4.42. The highest BCUT2D eigenvalue weighted by Gasteiger charge is 2.08. The van der Waals surface area contributed by atoms with Gasteiger partial charge in [0, 0.05) is 0 Å². The van der Waals surface area contributed by atoms with Crippen LogP contribution in [-0.4, -0.2) is 13.2 Å². The summed E-state index contributed by atoms with van der Waals surface area (Å²) in [6, 6.07) is 8.48. The van der Waals surface area contributed by atoms with Crippen LogP contribution in [0.3, 0.4) is 0 Å². The van der Waals surface area contributed by atoms with Gasteiger partial charge >= 0.3 is 0 Å². The number of hydrogen-bond acceptors (Lipinski definition) is 2. The summed E-state index contributed by atoms with van der Waals surface area (Å²) in [7, 11) is 0. The molecule has 0 radical (unpaired) electrons. The minimum atomic E-state index is 0.526. The molecule has 20 heavy (non-hydrogen) atoms. The molecule has 2 N–H and O–H groups in total. The van der Waals surface area contributed by atoms with Gasteiger partial charge in [-0.05, 0) is 55.3 Å². The van der Waals surface area contributed by atoms with Crippen LogP contribution in [0.15, 0.2) is 24.3 Å². The van der Waals surface area contributed by atoms with Crippen molar-refractivity contribution in [2.75, 3.05) is 13.2 Å². The van der Waals surface area contributed by atoms with E-state index in [9.17, 15) is 0 Å². The Balaban J connectivity index is 2.52. The topological polar surface area (TPSA) is 35.2 Å². The van der Waals surface area contributed by atoms with Crippen molar-refractivity contribution in [3.05, 3.63) is 29.8 Å². The first kappa shape index (κ1) is 17.0. The molecule has 0 unspecified atom stereocenters. The molecule has 2 nitrogen and oxygen atoms in total. The van der Waals surface area contributed by atoms with E-state index in [1.807, 2.05) is 0 Å². The Labute approximate surface area is 124 Å². The van der Waals surface area contributed by atoms with Crippen molar-refractivity contribution in [3.63, 3.8) is 0 Å². The third kappa shape index (κ3) is 6.42. The van der Waals surface area contributed by atoms with Crippen LogP contribution < -0.4 is 10.5 Å². The van der Waals surface area contributed by atoms with Crippen LogP contribution in [0.4, 0.5) is 0 Å². The Morgan fingerprint density at radius 3 is 2.45 bits per heavy atom. The van der Waals surface area contributed by atoms with E-state index in [0.29, 0.717) is 11.8 Å². The molecule has 0 fully saturated rings. The summed E-state index contributed by atoms with van der Waals surface area (Å²) in [5, 5.41) is 0. The first-order valence-corrected chi connectivity index (χ1v) is 8.11. The molecule has 114 valence electrons. The molecule has 0 bridgehead atoms. The van der Waals surface area contributed by atoms with E-state index in [4.69, 9.17) is 10.5 Å². The minimum absolute atomic E-state index is 0.526. The number of hydrogen-bond donors (Lipinski definition) is 1. The molecule has 0 aliphatic carbocycles. The SMILES string of the molecule is CCCC(CCC)COc1cccc(C[C@H](C)CN)c1. The summed E-state index contributed by atoms with van der Waals surface area (Å²) in [6.07, 6.45) is 6.03. The number of nitrogens with two attached hydrogens (primary N) is 1. The smallest absolute Gasteiger partial charge is 0.119 e. The second kappa shape index (κ2) is 9.82. The Morgan fingerprint density at radius 1 is 1.15 bits per heavy atom. The van der Waals surface area contributed by atoms with E-state index >= 15 is 0 Å². The fourth-order valence-electron chi connectivity index (χ4n) is 2.59. The largest absolute Gasteiger partial charge is 0.493 e. The van der Waals surface area contributed by atoms with Crippen molar-refractivity contribution in [3.8, 4) is 5.75 Å². The van der Waals surface area contributed by atoms with Gasteiger partial charge in [0.1, 0.15) is 5.75 Å². The van der Waals surface area contributed by atoms with Crippen LogP contribution in [0.25, 0.3) is 0 Å². The van der Waals surface area contributed by atoms with E-state index in [0.717, 1.165) is 25.3 Å². The van der Waals surface area contributed by atoms with Crippen LogP contribution in [0, 0.1) is 11.8 Å². The van der Waals surface area contributed by atoms with Crippen LogP contribution in [-0.2, 0) is 6.42 Å². The zero-order valence-corrected chi connectivity index (χ0v) is 13.4. The molecule has 1 atom stereocenters. The lowest BCUT2D eigenvalue weighted by atomic mass is 9.99. The third-order valence-corrected chi connectivity index (χ3v) is 3.76. The highest BCUT2D eigenvalue weighted by atomic mass is 16.5. The summed E-state index contributed by atoms with van der Waals surface area (Å²) in [5.41, 5.74) is 7.01. The van der Waals surface area contributed by atoms with Gasteiger partial charge in [0.25, 0.3) is 0 Å². The maximum atomic E-state index is 6.00. The summed E-state index contributed by atoms with van der Waals surface area (Å²) in [6.45, 7) is 8.26. The first-order chi connectivity index (χ1) is 9.69. The molecule has 0 saturated carbocycles. The molecule has 0 aliphatic rings. The molecule has 0 amide bonds. The lowest BCUT2D eigenvalue weighted by Gasteiger charge is -2.17. The molecule has 0 spiro atoms. The maximum Gasteiger partial charge on any atom is 0.119 e. The van der Waals surface area contributed by atoms with Gasteiger partial charge in [0.15, 0.2) is 0 Å². The fraction of sp³-hybridized carbons (Fsp3) is 0.667. The minimum Gasteiger partial charge on any atom is -0.493 e. The molecule has 0 aromatic heterocycles. The molecular formula is C18H31NO. The van der Waals surface area contributed by atoms with Crippen molar-refractivity contribution < 1.29 is 4.74 Å². The zero-order chi connectivity index (χ0) is 14.8. The molecule has 1 aromatic rings. The molecule has 0 saturated heterocycles. The van der Waals surface area contributed by atoms with Gasteiger partial charge < -0.3 is 10.5 Å². The Kier molecular flexibility index (Phi) is 8.36. The predicted molar refractivity (Wildman–Crippen MR) is 87.2 cm³/mol. The quantitative estimate of drug-likeness (QED) is 0.687. The lowest BCUT2D eigenvalue weighted by molar-refractivity contribution is 0.229. The fourth-order valence-corrected chi connectivity index (χ4v) is 2.59. The molecule has 0 aliphatic heterocycles. The average Bonchev–Trinajstić information content (AvgIpc) is 2.45. The van der Waals surface area contributed by atoms with E-state index in [-0.39, 0.29) is 0 Å². The Hall–Kier alpha value is -1.02. The van der Waals surface area contributed by atoms with Crippen molar-refractivity contribution in [2.24, 2.45) is 17.6 Å². The van der Waals surface area contributed by atoms with E-state index in [2.05, 4.69) is 45.0 Å². The van der Waals surface area contributed by atoms with Gasteiger partial charge in [-0.15, -0.1) is 0 Å². The summed E-state index contributed by atoms with van der Waals surface area (Å²) < 4.78 is 6.00. The zero-order valence-electron chi connectivity index (χ0n) is 13.4. The Morgan fingerprint density at radius 2 is 1.85 bits per heavy atom. The molecular weight excluding hydrogens is 246 g/mol. The number of rotatable bonds is 10. The van der Waals surface area contributed by atoms with Crippen LogP contribution in [0.5, 0.6) is 5.75 Å². The van der Waals surface area contributed by atoms with Crippen LogP contribution in [0.2, 0.25) is 0 Å². The molecule has 1 rings (SSSR count). The van der Waals surface area contributed by atoms with Gasteiger partial charge in [0.2, 0.25) is 0 Å². The maximum absolute atomic E-state index is 6.00. The third-order valence-electron chi connectivity index (χ3n) is 3.76. The summed E-state index contributed by atoms with van der Waals surface area (Å²) in [4.78, 5) is 0. The summed E-state index contributed by atoms with van der Waals surface area (Å²) in [5.74, 6) is 2.22. The van der Waals surface area contributed by atoms with Gasteiger partial charge in [-0.25, -0.2) is 0 Å². The van der Waals surface area contributed by atoms with Crippen LogP contribution >= 0.6 is 0 Å². The van der Waals surface area contributed by atoms with Gasteiger partial charge in [-0.2, -0.15) is 0 Å². The van der Waals surface area contributed by atoms with Gasteiger partial charge in [0.05, 0.1) is 6.61 Å². The van der Waals surface area contributed by atoms with Gasteiger partial charge in [-0.1, -0.05) is 45.7 Å². The van der Waals surface area contributed by atoms with Crippen LogP contribution in [0.1, 0.15) is 52.0 Å². The summed E-state index contributed by atoms with van der Waals surface area (Å²) >= 11 is 0. The second-order valence-electron chi connectivity index (χ2n) is 5.95. The monoisotopic (exact) mass is 277 g/mol. The van der Waals surface area contributed by atoms with Crippen molar-refractivity contribution in [1.29, 1.82) is 0 Å². The van der Waals surface area contributed by atoms with Crippen molar-refractivity contribution in [2.45, 2.75) is 52.9 Å².